The van der Waals surface area contributed by atoms with E-state index < -0.39 is 21.6 Å². The number of esters is 1. The number of aromatic nitrogens is 2. The third-order valence-corrected chi connectivity index (χ3v) is 5.60. The lowest BCUT2D eigenvalue weighted by Crippen LogP contribution is -2.22. The fraction of sp³-hybridized carbons (Fsp3) is 0.182. The molecule has 3 rings (SSSR count). The van der Waals surface area contributed by atoms with Crippen molar-refractivity contribution in [3.63, 3.8) is 0 Å². The molecule has 0 saturated heterocycles. The van der Waals surface area contributed by atoms with Crippen LogP contribution in [0.15, 0.2) is 78.2 Å². The number of rotatable bonds is 5. The second kappa shape index (κ2) is 8.05. The summed E-state index contributed by atoms with van der Waals surface area (Å²) in [6, 6.07) is 12.0. The lowest BCUT2D eigenvalue weighted by atomic mass is 10.1. The molecule has 2 aromatic heterocycles. The van der Waals surface area contributed by atoms with Crippen LogP contribution >= 0.6 is 0 Å². The summed E-state index contributed by atoms with van der Waals surface area (Å²) < 4.78 is 32.0. The van der Waals surface area contributed by atoms with Gasteiger partial charge in [0.25, 0.3) is 10.0 Å². The molecule has 0 aliphatic rings. The Morgan fingerprint density at radius 3 is 2.24 bits per heavy atom. The molecule has 3 aromatic rings. The molecule has 6 nitrogen and oxygen atoms in total. The van der Waals surface area contributed by atoms with Gasteiger partial charge in [0.2, 0.25) is 0 Å². The standard InChI is InChI=1S/C22H22N2O4S/c1-22(2,3)28-21(25)9-4-17-12-15-24(16-17)29(26,27)20-7-5-18(6-8-20)19-10-13-23-14-11-19/h4-16H,1-3H3. The minimum Gasteiger partial charge on any atom is -0.457 e. The number of carbonyl (C=O) groups excluding carboxylic acids is 1. The normalized spacial score (nSPS) is 12.2. The van der Waals surface area contributed by atoms with E-state index in [0.29, 0.717) is 5.56 Å². The van der Waals surface area contributed by atoms with Crippen molar-refractivity contribution in [2.75, 3.05) is 0 Å². The molecule has 0 radical (unpaired) electrons. The van der Waals surface area contributed by atoms with Crippen molar-refractivity contribution in [2.45, 2.75) is 31.3 Å². The summed E-state index contributed by atoms with van der Waals surface area (Å²) in [6.45, 7) is 5.34. The maximum Gasteiger partial charge on any atom is 0.331 e. The first kappa shape index (κ1) is 20.5. The molecular weight excluding hydrogens is 388 g/mol. The van der Waals surface area contributed by atoms with Gasteiger partial charge in [-0.05, 0) is 73.9 Å². The number of pyridine rings is 1. The van der Waals surface area contributed by atoms with Crippen molar-refractivity contribution in [3.8, 4) is 11.1 Å². The van der Waals surface area contributed by atoms with Crippen LogP contribution in [0.5, 0.6) is 0 Å². The first-order valence-electron chi connectivity index (χ1n) is 9.00. The molecule has 0 fully saturated rings. The van der Waals surface area contributed by atoms with Gasteiger partial charge in [0.15, 0.2) is 0 Å². The van der Waals surface area contributed by atoms with Crippen LogP contribution in [0, 0.1) is 0 Å². The highest BCUT2D eigenvalue weighted by atomic mass is 32.2. The summed E-state index contributed by atoms with van der Waals surface area (Å²) in [4.78, 5) is 15.9. The van der Waals surface area contributed by atoms with E-state index >= 15 is 0 Å². The van der Waals surface area contributed by atoms with Gasteiger partial charge in [0.1, 0.15) is 5.60 Å². The average molecular weight is 410 g/mol. The summed E-state index contributed by atoms with van der Waals surface area (Å²) >= 11 is 0. The number of hydrogen-bond donors (Lipinski definition) is 0. The molecule has 0 spiro atoms. The van der Waals surface area contributed by atoms with Crippen LogP contribution in [0.25, 0.3) is 17.2 Å². The molecule has 1 aromatic carbocycles. The number of benzene rings is 1. The van der Waals surface area contributed by atoms with Gasteiger partial charge >= 0.3 is 5.97 Å². The van der Waals surface area contributed by atoms with E-state index in [1.54, 1.807) is 63.5 Å². The van der Waals surface area contributed by atoms with E-state index in [-0.39, 0.29) is 4.90 Å². The number of carbonyl (C=O) groups is 1. The van der Waals surface area contributed by atoms with Gasteiger partial charge in [-0.3, -0.25) is 4.98 Å². The minimum atomic E-state index is -3.73. The third kappa shape index (κ3) is 5.20. The maximum absolute atomic E-state index is 12.9. The third-order valence-electron chi connectivity index (χ3n) is 3.95. The Labute approximate surface area is 170 Å². The van der Waals surface area contributed by atoms with Crippen LogP contribution in [0.4, 0.5) is 0 Å². The Balaban J connectivity index is 1.78. The zero-order valence-electron chi connectivity index (χ0n) is 16.4. The average Bonchev–Trinajstić information content (AvgIpc) is 3.16. The van der Waals surface area contributed by atoms with Crippen LogP contribution in [0.1, 0.15) is 26.3 Å². The fourth-order valence-corrected chi connectivity index (χ4v) is 3.83. The first-order chi connectivity index (χ1) is 13.6. The van der Waals surface area contributed by atoms with E-state index in [1.165, 1.54) is 24.5 Å². The Kier molecular flexibility index (Phi) is 5.70. The van der Waals surface area contributed by atoms with Gasteiger partial charge in [-0.2, -0.15) is 0 Å². The van der Waals surface area contributed by atoms with Gasteiger partial charge in [-0.25, -0.2) is 17.2 Å². The van der Waals surface area contributed by atoms with E-state index in [4.69, 9.17) is 4.74 Å². The van der Waals surface area contributed by atoms with E-state index in [1.807, 2.05) is 12.1 Å². The molecule has 0 aliphatic carbocycles. The Hall–Kier alpha value is -3.19. The molecule has 0 amide bonds. The summed E-state index contributed by atoms with van der Waals surface area (Å²) in [5.74, 6) is -0.486. The zero-order valence-corrected chi connectivity index (χ0v) is 17.3. The Morgan fingerprint density at radius 2 is 1.62 bits per heavy atom. The zero-order chi connectivity index (χ0) is 21.1. The molecule has 29 heavy (non-hydrogen) atoms. The van der Waals surface area contributed by atoms with Crippen molar-refractivity contribution in [3.05, 3.63) is 78.9 Å². The molecule has 7 heteroatoms. The fourth-order valence-electron chi connectivity index (χ4n) is 2.63. The quantitative estimate of drug-likeness (QED) is 0.467. The largest absolute Gasteiger partial charge is 0.457 e. The van der Waals surface area contributed by atoms with Gasteiger partial charge < -0.3 is 4.74 Å². The molecule has 150 valence electrons. The van der Waals surface area contributed by atoms with Crippen LogP contribution in [0.2, 0.25) is 0 Å². The molecule has 0 saturated carbocycles. The highest BCUT2D eigenvalue weighted by Gasteiger charge is 2.17. The van der Waals surface area contributed by atoms with Crippen molar-refractivity contribution < 1.29 is 17.9 Å². The summed E-state index contributed by atoms with van der Waals surface area (Å²) in [7, 11) is -3.73. The smallest absolute Gasteiger partial charge is 0.331 e. The molecule has 0 unspecified atom stereocenters. The molecule has 0 aliphatic heterocycles. The van der Waals surface area contributed by atoms with Crippen LogP contribution in [0.3, 0.4) is 0 Å². The maximum atomic E-state index is 12.9. The predicted octanol–water partition coefficient (Wildman–Crippen LogP) is 4.14. The van der Waals surface area contributed by atoms with Crippen molar-refractivity contribution in [1.29, 1.82) is 0 Å². The summed E-state index contributed by atoms with van der Waals surface area (Å²) in [6.07, 6.45) is 9.07. The molecular formula is C22H22N2O4S. The van der Waals surface area contributed by atoms with Crippen molar-refractivity contribution in [1.82, 2.24) is 8.96 Å². The lowest BCUT2D eigenvalue weighted by molar-refractivity contribution is -0.148. The first-order valence-corrected chi connectivity index (χ1v) is 10.4. The second-order valence-corrected chi connectivity index (χ2v) is 9.25. The van der Waals surface area contributed by atoms with Gasteiger partial charge in [0, 0.05) is 30.9 Å². The second-order valence-electron chi connectivity index (χ2n) is 7.41. The van der Waals surface area contributed by atoms with Crippen molar-refractivity contribution >= 4 is 22.1 Å². The van der Waals surface area contributed by atoms with E-state index in [0.717, 1.165) is 15.1 Å². The molecule has 0 atom stereocenters. The molecule has 2 heterocycles. The lowest BCUT2D eigenvalue weighted by Gasteiger charge is -2.17. The van der Waals surface area contributed by atoms with Gasteiger partial charge in [-0.15, -0.1) is 0 Å². The van der Waals surface area contributed by atoms with Gasteiger partial charge in [-0.1, -0.05) is 12.1 Å². The van der Waals surface area contributed by atoms with Crippen LogP contribution in [-0.2, 0) is 19.6 Å². The predicted molar refractivity (Wildman–Crippen MR) is 112 cm³/mol. The van der Waals surface area contributed by atoms with Gasteiger partial charge in [0.05, 0.1) is 4.90 Å². The van der Waals surface area contributed by atoms with Crippen molar-refractivity contribution in [2.24, 2.45) is 0 Å². The number of hydrogen-bond acceptors (Lipinski definition) is 5. The highest BCUT2D eigenvalue weighted by Crippen LogP contribution is 2.22. The SMILES string of the molecule is CC(C)(C)OC(=O)C=Cc1ccn(S(=O)(=O)c2ccc(-c3ccncc3)cc2)c1. The summed E-state index contributed by atoms with van der Waals surface area (Å²) in [5.41, 5.74) is 1.85. The molecule has 0 bridgehead atoms. The van der Waals surface area contributed by atoms with Crippen LogP contribution in [-0.4, -0.2) is 28.9 Å². The topological polar surface area (TPSA) is 78.3 Å². The molecule has 0 N–H and O–H groups in total. The van der Waals surface area contributed by atoms with E-state index in [9.17, 15) is 13.2 Å². The highest BCUT2D eigenvalue weighted by molar-refractivity contribution is 7.90. The Bertz CT molecular complexity index is 1120. The number of ether oxygens (including phenoxy) is 1. The monoisotopic (exact) mass is 410 g/mol. The summed E-state index contributed by atoms with van der Waals surface area (Å²) in [5, 5.41) is 0. The minimum absolute atomic E-state index is 0.175. The van der Waals surface area contributed by atoms with E-state index in [2.05, 4.69) is 4.98 Å². The Morgan fingerprint density at radius 1 is 1.00 bits per heavy atom. The number of nitrogens with zero attached hydrogens (tertiary/aromatic N) is 2. The van der Waals surface area contributed by atoms with Crippen LogP contribution < -0.4 is 0 Å².